The maximum Gasteiger partial charge on any atom is 0.141 e. The highest BCUT2D eigenvalue weighted by atomic mass is 35.5. The third-order valence-corrected chi connectivity index (χ3v) is 3.22. The van der Waals surface area contributed by atoms with Crippen molar-refractivity contribution in [3.8, 4) is 0 Å². The van der Waals surface area contributed by atoms with Crippen LogP contribution in [0.2, 0.25) is 5.02 Å². The van der Waals surface area contributed by atoms with Crippen molar-refractivity contribution in [1.82, 2.24) is 0 Å². The van der Waals surface area contributed by atoms with Crippen molar-refractivity contribution in [1.29, 1.82) is 0 Å². The molecule has 0 aliphatic carbocycles. The molecule has 0 saturated carbocycles. The third kappa shape index (κ3) is 3.28. The third-order valence-electron chi connectivity index (χ3n) is 2.09. The lowest BCUT2D eigenvalue weighted by Crippen LogP contribution is -1.88. The number of anilines is 2. The van der Waals surface area contributed by atoms with Crippen molar-refractivity contribution in [2.75, 3.05) is 10.5 Å². The highest BCUT2D eigenvalue weighted by Gasteiger charge is 2.01. The molecule has 0 atom stereocenters. The summed E-state index contributed by atoms with van der Waals surface area (Å²) in [6.45, 7) is 0. The summed E-state index contributed by atoms with van der Waals surface area (Å²) in [5, 5.41) is 0.105. The Kier molecular flexibility index (Phi) is 3.76. The molecule has 0 aliphatic rings. The van der Waals surface area contributed by atoms with Gasteiger partial charge in [0.05, 0.1) is 5.02 Å². The number of hydrogen-bond donors (Lipinski definition) is 2. The average molecular weight is 269 g/mol. The monoisotopic (exact) mass is 268 g/mol. The van der Waals surface area contributed by atoms with Crippen LogP contribution in [0.4, 0.5) is 15.8 Å². The molecule has 17 heavy (non-hydrogen) atoms. The van der Waals surface area contributed by atoms with Crippen LogP contribution in [0.25, 0.3) is 0 Å². The minimum absolute atomic E-state index is 0.105. The Bertz CT molecular complexity index is 516. The Labute approximate surface area is 108 Å². The molecule has 0 spiro atoms. The van der Waals surface area contributed by atoms with Crippen molar-refractivity contribution >= 4 is 34.9 Å². The van der Waals surface area contributed by atoms with Crippen molar-refractivity contribution in [3.05, 3.63) is 53.3 Å². The second-order valence-electron chi connectivity index (χ2n) is 3.40. The number of hydrogen-bond acceptors (Lipinski definition) is 3. The molecule has 0 fully saturated rings. The molecule has 2 aromatic rings. The van der Waals surface area contributed by atoms with E-state index in [9.17, 15) is 4.39 Å². The predicted molar refractivity (Wildman–Crippen MR) is 71.7 cm³/mol. The van der Waals surface area contributed by atoms with Gasteiger partial charge in [-0.2, -0.15) is 0 Å². The first-order valence-electron chi connectivity index (χ1n) is 4.88. The molecule has 0 saturated heterocycles. The summed E-state index contributed by atoms with van der Waals surface area (Å²) in [5.41, 5.74) is 7.05. The zero-order valence-corrected chi connectivity index (χ0v) is 10.4. The quantitative estimate of drug-likeness (QED) is 0.648. The summed E-state index contributed by atoms with van der Waals surface area (Å²) in [6.07, 6.45) is 0. The molecule has 88 valence electrons. The number of benzene rings is 2. The zero-order chi connectivity index (χ0) is 12.3. The second kappa shape index (κ2) is 5.29. The summed E-state index contributed by atoms with van der Waals surface area (Å²) < 4.78 is 16.0. The number of rotatable bonds is 3. The highest BCUT2D eigenvalue weighted by Crippen LogP contribution is 2.25. The van der Waals surface area contributed by atoms with Gasteiger partial charge >= 0.3 is 0 Å². The van der Waals surface area contributed by atoms with E-state index >= 15 is 0 Å². The molecule has 2 rings (SSSR count). The van der Waals surface area contributed by atoms with Crippen LogP contribution in [0, 0.1) is 5.82 Å². The van der Waals surface area contributed by atoms with Gasteiger partial charge < -0.3 is 10.5 Å². The topological polar surface area (TPSA) is 38.0 Å². The van der Waals surface area contributed by atoms with Gasteiger partial charge in [0.1, 0.15) is 5.82 Å². The number of nitrogen functional groups attached to an aromatic ring is 1. The highest BCUT2D eigenvalue weighted by molar-refractivity contribution is 8.00. The molecule has 0 radical (unpaired) electrons. The molecule has 0 aliphatic heterocycles. The van der Waals surface area contributed by atoms with Gasteiger partial charge in [-0.05, 0) is 54.4 Å². The van der Waals surface area contributed by atoms with Crippen molar-refractivity contribution in [2.45, 2.75) is 4.90 Å². The van der Waals surface area contributed by atoms with Crippen LogP contribution in [0.15, 0.2) is 47.4 Å². The fourth-order valence-corrected chi connectivity index (χ4v) is 2.03. The van der Waals surface area contributed by atoms with Crippen LogP contribution in [0.1, 0.15) is 0 Å². The number of nitrogens with one attached hydrogen (secondary N) is 1. The predicted octanol–water partition coefficient (Wildman–Crippen LogP) is 4.18. The van der Waals surface area contributed by atoms with Gasteiger partial charge in [-0.3, -0.25) is 0 Å². The molecule has 0 aromatic heterocycles. The first-order chi connectivity index (χ1) is 8.15. The average Bonchev–Trinajstić information content (AvgIpc) is 2.33. The molecular formula is C12H10ClFN2S. The van der Waals surface area contributed by atoms with E-state index in [2.05, 4.69) is 4.72 Å². The molecular weight excluding hydrogens is 259 g/mol. The van der Waals surface area contributed by atoms with E-state index in [4.69, 9.17) is 17.3 Å². The lowest BCUT2D eigenvalue weighted by Gasteiger charge is -2.06. The zero-order valence-electron chi connectivity index (χ0n) is 8.78. The molecule has 2 aromatic carbocycles. The van der Waals surface area contributed by atoms with Gasteiger partial charge in [0.25, 0.3) is 0 Å². The van der Waals surface area contributed by atoms with E-state index in [-0.39, 0.29) is 5.02 Å². The van der Waals surface area contributed by atoms with Crippen molar-refractivity contribution in [2.24, 2.45) is 0 Å². The van der Waals surface area contributed by atoms with Crippen molar-refractivity contribution in [3.63, 3.8) is 0 Å². The van der Waals surface area contributed by atoms with E-state index < -0.39 is 5.82 Å². The van der Waals surface area contributed by atoms with Gasteiger partial charge in [0.15, 0.2) is 0 Å². The fraction of sp³-hybridized carbons (Fsp3) is 0. The Morgan fingerprint density at radius 1 is 1.12 bits per heavy atom. The van der Waals surface area contributed by atoms with Gasteiger partial charge in [0, 0.05) is 16.3 Å². The van der Waals surface area contributed by atoms with E-state index in [0.29, 0.717) is 0 Å². The number of halogens is 2. The molecule has 0 amide bonds. The van der Waals surface area contributed by atoms with E-state index in [1.165, 1.54) is 18.0 Å². The Hall–Kier alpha value is -1.39. The minimum atomic E-state index is -0.422. The van der Waals surface area contributed by atoms with Crippen molar-refractivity contribution < 1.29 is 4.39 Å². The number of nitrogens with two attached hydrogens (primary N) is 1. The SMILES string of the molecule is Nc1ccc(SNc2ccc(F)c(Cl)c2)cc1. The second-order valence-corrected chi connectivity index (χ2v) is 4.69. The van der Waals surface area contributed by atoms with Gasteiger partial charge in [0.2, 0.25) is 0 Å². The maximum atomic E-state index is 12.9. The molecule has 0 heterocycles. The van der Waals surface area contributed by atoms with Crippen LogP contribution >= 0.6 is 23.5 Å². The van der Waals surface area contributed by atoms with Gasteiger partial charge in [-0.25, -0.2) is 4.39 Å². The Morgan fingerprint density at radius 3 is 2.47 bits per heavy atom. The Morgan fingerprint density at radius 2 is 1.82 bits per heavy atom. The first-order valence-corrected chi connectivity index (χ1v) is 6.08. The summed E-state index contributed by atoms with van der Waals surface area (Å²) >= 11 is 7.09. The molecule has 0 unspecified atom stereocenters. The van der Waals surface area contributed by atoms with Crippen LogP contribution in [0.3, 0.4) is 0 Å². The minimum Gasteiger partial charge on any atom is -0.399 e. The Balaban J connectivity index is 2.02. The van der Waals surface area contributed by atoms with E-state index in [1.807, 2.05) is 24.3 Å². The summed E-state index contributed by atoms with van der Waals surface area (Å²) in [5.74, 6) is -0.422. The fourth-order valence-electron chi connectivity index (χ4n) is 1.21. The van der Waals surface area contributed by atoms with Gasteiger partial charge in [-0.15, -0.1) is 0 Å². The summed E-state index contributed by atoms with van der Waals surface area (Å²) in [7, 11) is 0. The van der Waals surface area contributed by atoms with E-state index in [0.717, 1.165) is 16.3 Å². The molecule has 5 heteroatoms. The standard InChI is InChI=1S/C12H10ClFN2S/c13-11-7-9(3-6-12(11)14)16-17-10-4-1-8(15)2-5-10/h1-7,16H,15H2. The summed E-state index contributed by atoms with van der Waals surface area (Å²) in [4.78, 5) is 1.01. The van der Waals surface area contributed by atoms with E-state index in [1.54, 1.807) is 12.1 Å². The first kappa shape index (κ1) is 12.1. The van der Waals surface area contributed by atoms with Crippen LogP contribution < -0.4 is 10.5 Å². The van der Waals surface area contributed by atoms with Gasteiger partial charge in [-0.1, -0.05) is 11.6 Å². The summed E-state index contributed by atoms with van der Waals surface area (Å²) in [6, 6.07) is 11.9. The van der Waals surface area contributed by atoms with Crippen LogP contribution in [-0.4, -0.2) is 0 Å². The largest absolute Gasteiger partial charge is 0.399 e. The maximum absolute atomic E-state index is 12.9. The smallest absolute Gasteiger partial charge is 0.141 e. The normalized spacial score (nSPS) is 10.2. The molecule has 2 nitrogen and oxygen atoms in total. The molecule has 0 bridgehead atoms. The van der Waals surface area contributed by atoms with Crippen LogP contribution in [0.5, 0.6) is 0 Å². The lowest BCUT2D eigenvalue weighted by molar-refractivity contribution is 0.628. The van der Waals surface area contributed by atoms with Crippen LogP contribution in [-0.2, 0) is 0 Å². The molecule has 3 N–H and O–H groups in total. The lowest BCUT2D eigenvalue weighted by atomic mass is 10.3.